The summed E-state index contributed by atoms with van der Waals surface area (Å²) < 4.78 is 43.2. The quantitative estimate of drug-likeness (QED) is 0.905. The van der Waals surface area contributed by atoms with Crippen molar-refractivity contribution in [3.05, 3.63) is 53.2 Å². The monoisotopic (exact) mass is 321 g/mol. The van der Waals surface area contributed by atoms with Crippen LogP contribution >= 0.6 is 0 Å². The van der Waals surface area contributed by atoms with Crippen molar-refractivity contribution < 1.29 is 17.9 Å². The van der Waals surface area contributed by atoms with E-state index in [2.05, 4.69) is 10.3 Å². The average molecular weight is 321 g/mol. The summed E-state index contributed by atoms with van der Waals surface area (Å²) in [5.41, 5.74) is 0.281. The summed E-state index contributed by atoms with van der Waals surface area (Å²) in [6, 6.07) is 8.30. The zero-order valence-corrected chi connectivity index (χ0v) is 12.3. The van der Waals surface area contributed by atoms with Crippen molar-refractivity contribution in [3.8, 4) is 11.9 Å². The Hall–Kier alpha value is -2.75. The molecule has 0 radical (unpaired) electrons. The van der Waals surface area contributed by atoms with E-state index in [1.807, 2.05) is 6.92 Å². The highest BCUT2D eigenvalue weighted by Crippen LogP contribution is 2.31. The van der Waals surface area contributed by atoms with Crippen molar-refractivity contribution in [1.82, 2.24) is 4.98 Å². The number of alkyl halides is 3. The number of hydrogen-bond donors (Lipinski definition) is 1. The van der Waals surface area contributed by atoms with E-state index in [4.69, 9.17) is 10.00 Å². The first-order chi connectivity index (χ1) is 10.9. The van der Waals surface area contributed by atoms with Gasteiger partial charge < -0.3 is 10.1 Å². The van der Waals surface area contributed by atoms with Gasteiger partial charge in [-0.1, -0.05) is 0 Å². The molecular formula is C16H14F3N3O. The summed E-state index contributed by atoms with van der Waals surface area (Å²) in [5, 5.41) is 12.0. The molecule has 1 N–H and O–H groups in total. The second kappa shape index (κ2) is 7.01. The van der Waals surface area contributed by atoms with Crippen molar-refractivity contribution in [3.63, 3.8) is 0 Å². The van der Waals surface area contributed by atoms with Crippen LogP contribution in [-0.4, -0.2) is 11.6 Å². The molecule has 2 aromatic rings. The van der Waals surface area contributed by atoms with E-state index in [9.17, 15) is 13.2 Å². The molecule has 0 aliphatic heterocycles. The van der Waals surface area contributed by atoms with Crippen LogP contribution in [-0.2, 0) is 12.7 Å². The van der Waals surface area contributed by atoms with Crippen LogP contribution in [0.25, 0.3) is 0 Å². The number of nitrogens with zero attached hydrogens (tertiary/aromatic N) is 2. The number of hydrogen-bond acceptors (Lipinski definition) is 4. The van der Waals surface area contributed by atoms with Gasteiger partial charge in [0.2, 0.25) is 5.88 Å². The van der Waals surface area contributed by atoms with Crippen LogP contribution in [0.1, 0.15) is 23.6 Å². The minimum absolute atomic E-state index is 0.0566. The van der Waals surface area contributed by atoms with Gasteiger partial charge in [0.15, 0.2) is 0 Å². The number of aromatic nitrogens is 1. The number of anilines is 1. The molecule has 1 aromatic heterocycles. The van der Waals surface area contributed by atoms with E-state index in [0.29, 0.717) is 24.7 Å². The summed E-state index contributed by atoms with van der Waals surface area (Å²) in [6.07, 6.45) is -2.89. The number of benzene rings is 1. The first kappa shape index (κ1) is 16.6. The van der Waals surface area contributed by atoms with Crippen LogP contribution < -0.4 is 10.1 Å². The highest BCUT2D eigenvalue weighted by atomic mass is 19.4. The second-order valence-electron chi connectivity index (χ2n) is 4.66. The Morgan fingerprint density at radius 2 is 2.04 bits per heavy atom. The Morgan fingerprint density at radius 3 is 2.70 bits per heavy atom. The van der Waals surface area contributed by atoms with E-state index in [0.717, 1.165) is 17.7 Å². The molecule has 0 amide bonds. The van der Waals surface area contributed by atoms with Crippen molar-refractivity contribution in [1.29, 1.82) is 5.26 Å². The predicted molar refractivity (Wildman–Crippen MR) is 78.9 cm³/mol. The molecule has 0 saturated heterocycles. The molecule has 4 nitrogen and oxygen atoms in total. The van der Waals surface area contributed by atoms with Gasteiger partial charge in [-0.05, 0) is 36.8 Å². The fourth-order valence-corrected chi connectivity index (χ4v) is 1.95. The Kier molecular flexibility index (Phi) is 5.06. The molecule has 23 heavy (non-hydrogen) atoms. The molecule has 0 fully saturated rings. The van der Waals surface area contributed by atoms with Crippen LogP contribution in [0.4, 0.5) is 18.9 Å². The summed E-state index contributed by atoms with van der Waals surface area (Å²) in [5.74, 6) is 0.472. The molecular weight excluding hydrogens is 307 g/mol. The summed E-state index contributed by atoms with van der Waals surface area (Å²) >= 11 is 0. The molecule has 0 spiro atoms. The largest absolute Gasteiger partial charge is 0.478 e. The third kappa shape index (κ3) is 4.36. The SMILES string of the molecule is CCOc1cc(CNc2ccc(C(F)(F)F)cc2C#N)ccn1. The highest BCUT2D eigenvalue weighted by molar-refractivity contribution is 5.59. The van der Waals surface area contributed by atoms with Gasteiger partial charge in [-0.2, -0.15) is 18.4 Å². The van der Waals surface area contributed by atoms with Gasteiger partial charge in [-0.3, -0.25) is 0 Å². The van der Waals surface area contributed by atoms with Crippen LogP contribution in [0.3, 0.4) is 0 Å². The molecule has 0 bridgehead atoms. The van der Waals surface area contributed by atoms with Gasteiger partial charge in [0.25, 0.3) is 0 Å². The smallest absolute Gasteiger partial charge is 0.416 e. The summed E-state index contributed by atoms with van der Waals surface area (Å²) in [6.45, 7) is 2.66. The fourth-order valence-electron chi connectivity index (χ4n) is 1.95. The number of ether oxygens (including phenoxy) is 1. The Morgan fingerprint density at radius 1 is 1.26 bits per heavy atom. The maximum absolute atomic E-state index is 12.7. The molecule has 0 atom stereocenters. The van der Waals surface area contributed by atoms with Crippen molar-refractivity contribution in [2.24, 2.45) is 0 Å². The third-order valence-corrected chi connectivity index (χ3v) is 3.04. The van der Waals surface area contributed by atoms with Gasteiger partial charge in [0.05, 0.1) is 23.4 Å². The predicted octanol–water partition coefficient (Wildman–Crippen LogP) is 3.98. The van der Waals surface area contributed by atoms with Crippen LogP contribution in [0, 0.1) is 11.3 Å². The molecule has 2 rings (SSSR count). The summed E-state index contributed by atoms with van der Waals surface area (Å²) in [7, 11) is 0. The minimum Gasteiger partial charge on any atom is -0.478 e. The van der Waals surface area contributed by atoms with Crippen molar-refractivity contribution in [2.75, 3.05) is 11.9 Å². The number of nitriles is 1. The maximum Gasteiger partial charge on any atom is 0.416 e. The van der Waals surface area contributed by atoms with E-state index in [1.165, 1.54) is 6.07 Å². The molecule has 0 aliphatic carbocycles. The summed E-state index contributed by atoms with van der Waals surface area (Å²) in [4.78, 5) is 4.03. The zero-order valence-electron chi connectivity index (χ0n) is 12.3. The van der Waals surface area contributed by atoms with E-state index < -0.39 is 11.7 Å². The number of pyridine rings is 1. The Labute approximate surface area is 131 Å². The van der Waals surface area contributed by atoms with Crippen LogP contribution in [0.5, 0.6) is 5.88 Å². The van der Waals surface area contributed by atoms with Crippen LogP contribution in [0.2, 0.25) is 0 Å². The lowest BCUT2D eigenvalue weighted by Gasteiger charge is -2.12. The maximum atomic E-state index is 12.7. The average Bonchev–Trinajstić information content (AvgIpc) is 2.52. The first-order valence-electron chi connectivity index (χ1n) is 6.87. The first-order valence-corrected chi connectivity index (χ1v) is 6.87. The van der Waals surface area contributed by atoms with E-state index in [1.54, 1.807) is 24.4 Å². The zero-order chi connectivity index (χ0) is 16.9. The molecule has 0 aliphatic rings. The standard InChI is InChI=1S/C16H14F3N3O/c1-2-23-15-7-11(5-6-21-15)10-22-14-4-3-13(16(17,18)19)8-12(14)9-20/h3-8,22H,2,10H2,1H3. The Balaban J connectivity index is 2.15. The lowest BCUT2D eigenvalue weighted by molar-refractivity contribution is -0.137. The third-order valence-electron chi connectivity index (χ3n) is 3.04. The molecule has 120 valence electrons. The highest BCUT2D eigenvalue weighted by Gasteiger charge is 2.31. The van der Waals surface area contributed by atoms with Gasteiger partial charge >= 0.3 is 6.18 Å². The lowest BCUT2D eigenvalue weighted by atomic mass is 10.1. The van der Waals surface area contributed by atoms with Gasteiger partial charge in [0.1, 0.15) is 6.07 Å². The topological polar surface area (TPSA) is 57.9 Å². The molecule has 1 aromatic carbocycles. The van der Waals surface area contributed by atoms with Gasteiger partial charge in [-0.25, -0.2) is 4.98 Å². The minimum atomic E-state index is -4.47. The molecule has 7 heteroatoms. The number of nitrogens with one attached hydrogen (secondary N) is 1. The second-order valence-corrected chi connectivity index (χ2v) is 4.66. The van der Waals surface area contributed by atoms with Crippen molar-refractivity contribution >= 4 is 5.69 Å². The number of halogens is 3. The van der Waals surface area contributed by atoms with E-state index >= 15 is 0 Å². The van der Waals surface area contributed by atoms with Gasteiger partial charge in [0, 0.05) is 18.8 Å². The van der Waals surface area contributed by atoms with Crippen molar-refractivity contribution in [2.45, 2.75) is 19.6 Å². The normalized spacial score (nSPS) is 10.9. The lowest BCUT2D eigenvalue weighted by Crippen LogP contribution is -2.07. The molecule has 0 unspecified atom stereocenters. The fraction of sp³-hybridized carbons (Fsp3) is 0.250. The Bertz CT molecular complexity index is 723. The molecule has 1 heterocycles. The van der Waals surface area contributed by atoms with Crippen LogP contribution in [0.15, 0.2) is 36.5 Å². The molecule has 0 saturated carbocycles. The number of rotatable bonds is 5. The van der Waals surface area contributed by atoms with Gasteiger partial charge in [-0.15, -0.1) is 0 Å². The van der Waals surface area contributed by atoms with E-state index in [-0.39, 0.29) is 5.56 Å².